The van der Waals surface area contributed by atoms with Crippen molar-refractivity contribution in [1.82, 2.24) is 5.32 Å². The van der Waals surface area contributed by atoms with E-state index in [2.05, 4.69) is 19.2 Å². The lowest BCUT2D eigenvalue weighted by molar-refractivity contribution is -0.122. The van der Waals surface area contributed by atoms with Gasteiger partial charge in [-0.3, -0.25) is 4.79 Å². The number of hydrogen-bond acceptors (Lipinski definition) is 3. The number of carbonyl (C=O) groups excluding carboxylic acids is 1. The zero-order valence-electron chi connectivity index (χ0n) is 12.6. The van der Waals surface area contributed by atoms with Crippen molar-refractivity contribution < 1.29 is 9.53 Å². The third-order valence-corrected chi connectivity index (χ3v) is 2.76. The van der Waals surface area contributed by atoms with Crippen molar-refractivity contribution in [3.63, 3.8) is 0 Å². The van der Waals surface area contributed by atoms with Gasteiger partial charge in [-0.15, -0.1) is 0 Å². The van der Waals surface area contributed by atoms with Crippen LogP contribution in [0.1, 0.15) is 47.5 Å². The molecule has 1 atom stereocenters. The Morgan fingerprint density at radius 2 is 1.94 bits per heavy atom. The molecule has 0 fully saturated rings. The maximum atomic E-state index is 11.6. The third-order valence-electron chi connectivity index (χ3n) is 2.76. The molecule has 3 N–H and O–H groups in total. The normalized spacial score (nSPS) is 13.7. The van der Waals surface area contributed by atoms with E-state index < -0.39 is 0 Å². The number of hydrogen-bond donors (Lipinski definition) is 2. The van der Waals surface area contributed by atoms with Crippen molar-refractivity contribution in [2.75, 3.05) is 19.8 Å². The Kier molecular flexibility index (Phi) is 8.20. The first-order valence-corrected chi connectivity index (χ1v) is 6.83. The molecule has 0 spiro atoms. The molecule has 4 heteroatoms. The van der Waals surface area contributed by atoms with Crippen molar-refractivity contribution in [2.24, 2.45) is 17.1 Å². The summed E-state index contributed by atoms with van der Waals surface area (Å²) in [5.41, 5.74) is 5.92. The summed E-state index contributed by atoms with van der Waals surface area (Å²) < 4.78 is 5.44. The molecule has 0 aliphatic rings. The number of nitrogens with two attached hydrogens (primary N) is 1. The highest BCUT2D eigenvalue weighted by atomic mass is 16.5. The SMILES string of the molecule is CC(C)COCCCNC(=O)CC(N)C(C)(C)C. The molecule has 4 nitrogen and oxygen atoms in total. The summed E-state index contributed by atoms with van der Waals surface area (Å²) in [6.45, 7) is 12.5. The minimum atomic E-state index is -0.102. The van der Waals surface area contributed by atoms with E-state index in [4.69, 9.17) is 10.5 Å². The summed E-state index contributed by atoms with van der Waals surface area (Å²) >= 11 is 0. The predicted octanol–water partition coefficient (Wildman–Crippen LogP) is 1.93. The first kappa shape index (κ1) is 17.4. The molecule has 0 bridgehead atoms. The van der Waals surface area contributed by atoms with Gasteiger partial charge in [0.2, 0.25) is 5.91 Å². The van der Waals surface area contributed by atoms with Crippen molar-refractivity contribution in [3.05, 3.63) is 0 Å². The highest BCUT2D eigenvalue weighted by Crippen LogP contribution is 2.19. The molecule has 1 unspecified atom stereocenters. The summed E-state index contributed by atoms with van der Waals surface area (Å²) in [4.78, 5) is 11.6. The number of nitrogens with one attached hydrogen (secondary N) is 1. The summed E-state index contributed by atoms with van der Waals surface area (Å²) in [5, 5.41) is 2.87. The molecule has 18 heavy (non-hydrogen) atoms. The van der Waals surface area contributed by atoms with E-state index in [1.807, 2.05) is 20.8 Å². The van der Waals surface area contributed by atoms with Gasteiger partial charge in [0.15, 0.2) is 0 Å². The lowest BCUT2D eigenvalue weighted by Gasteiger charge is -2.26. The molecular weight excluding hydrogens is 228 g/mol. The van der Waals surface area contributed by atoms with Gasteiger partial charge in [0.1, 0.15) is 0 Å². The van der Waals surface area contributed by atoms with E-state index >= 15 is 0 Å². The molecule has 0 rings (SSSR count). The Labute approximate surface area is 112 Å². The van der Waals surface area contributed by atoms with Gasteiger partial charge in [-0.2, -0.15) is 0 Å². The van der Waals surface area contributed by atoms with E-state index in [9.17, 15) is 4.79 Å². The fraction of sp³-hybridized carbons (Fsp3) is 0.929. The highest BCUT2D eigenvalue weighted by molar-refractivity contribution is 5.76. The fourth-order valence-corrected chi connectivity index (χ4v) is 1.30. The maximum absolute atomic E-state index is 11.6. The second-order valence-electron chi connectivity index (χ2n) is 6.35. The molecular formula is C14H30N2O2. The Morgan fingerprint density at radius 1 is 1.33 bits per heavy atom. The van der Waals surface area contributed by atoms with Gasteiger partial charge >= 0.3 is 0 Å². The van der Waals surface area contributed by atoms with Crippen LogP contribution < -0.4 is 11.1 Å². The maximum Gasteiger partial charge on any atom is 0.221 e. The molecule has 0 aliphatic carbocycles. The third kappa shape index (κ3) is 9.42. The van der Waals surface area contributed by atoms with E-state index in [1.54, 1.807) is 0 Å². The first-order chi connectivity index (χ1) is 8.23. The molecule has 0 heterocycles. The Hall–Kier alpha value is -0.610. The van der Waals surface area contributed by atoms with Crippen LogP contribution in [0.15, 0.2) is 0 Å². The lowest BCUT2D eigenvalue weighted by Crippen LogP contribution is -2.40. The van der Waals surface area contributed by atoms with E-state index in [1.165, 1.54) is 0 Å². The van der Waals surface area contributed by atoms with Crippen LogP contribution in [-0.4, -0.2) is 31.7 Å². The molecule has 1 amide bonds. The van der Waals surface area contributed by atoms with Gasteiger partial charge in [0, 0.05) is 32.2 Å². The van der Waals surface area contributed by atoms with Crippen LogP contribution in [0, 0.1) is 11.3 Å². The Bertz CT molecular complexity index is 234. The standard InChI is InChI=1S/C14H30N2O2/c1-11(2)10-18-8-6-7-16-13(17)9-12(15)14(3,4)5/h11-12H,6-10,15H2,1-5H3,(H,16,17). The number of amides is 1. The van der Waals surface area contributed by atoms with E-state index in [-0.39, 0.29) is 17.4 Å². The van der Waals surface area contributed by atoms with Gasteiger partial charge in [-0.1, -0.05) is 34.6 Å². The van der Waals surface area contributed by atoms with Gasteiger partial charge in [-0.25, -0.2) is 0 Å². The number of ether oxygens (including phenoxy) is 1. The number of rotatable bonds is 8. The van der Waals surface area contributed by atoms with Crippen LogP contribution in [0.2, 0.25) is 0 Å². The highest BCUT2D eigenvalue weighted by Gasteiger charge is 2.22. The average Bonchev–Trinajstić information content (AvgIpc) is 2.21. The van der Waals surface area contributed by atoms with Crippen molar-refractivity contribution in [2.45, 2.75) is 53.5 Å². The Morgan fingerprint density at radius 3 is 2.44 bits per heavy atom. The lowest BCUT2D eigenvalue weighted by atomic mass is 9.85. The molecule has 0 aromatic heterocycles. The summed E-state index contributed by atoms with van der Waals surface area (Å²) in [5.74, 6) is 0.589. The van der Waals surface area contributed by atoms with Crippen LogP contribution in [0.4, 0.5) is 0 Å². The molecule has 0 saturated heterocycles. The first-order valence-electron chi connectivity index (χ1n) is 6.83. The van der Waals surface area contributed by atoms with E-state index in [0.29, 0.717) is 25.5 Å². The largest absolute Gasteiger partial charge is 0.381 e. The summed E-state index contributed by atoms with van der Waals surface area (Å²) in [6, 6.07) is -0.102. The van der Waals surface area contributed by atoms with Crippen LogP contribution in [0.5, 0.6) is 0 Å². The van der Waals surface area contributed by atoms with Gasteiger partial charge < -0.3 is 15.8 Å². The topological polar surface area (TPSA) is 64.3 Å². The van der Waals surface area contributed by atoms with Crippen LogP contribution in [0.3, 0.4) is 0 Å². The van der Waals surface area contributed by atoms with Crippen molar-refractivity contribution >= 4 is 5.91 Å². The average molecular weight is 258 g/mol. The molecule has 0 saturated carbocycles. The quantitative estimate of drug-likeness (QED) is 0.654. The fourth-order valence-electron chi connectivity index (χ4n) is 1.30. The smallest absolute Gasteiger partial charge is 0.221 e. The van der Waals surface area contributed by atoms with Crippen LogP contribution in [0.25, 0.3) is 0 Å². The molecule has 108 valence electrons. The van der Waals surface area contributed by atoms with Crippen LogP contribution >= 0.6 is 0 Å². The van der Waals surface area contributed by atoms with Gasteiger partial charge in [0.25, 0.3) is 0 Å². The minimum Gasteiger partial charge on any atom is -0.381 e. The van der Waals surface area contributed by atoms with Crippen LogP contribution in [-0.2, 0) is 9.53 Å². The minimum absolute atomic E-state index is 0.0290. The molecule has 0 aromatic rings. The van der Waals surface area contributed by atoms with E-state index in [0.717, 1.165) is 13.0 Å². The second kappa shape index (κ2) is 8.48. The molecule has 0 aliphatic heterocycles. The zero-order valence-corrected chi connectivity index (χ0v) is 12.6. The molecule has 0 aromatic carbocycles. The predicted molar refractivity (Wildman–Crippen MR) is 75.3 cm³/mol. The summed E-state index contributed by atoms with van der Waals surface area (Å²) in [7, 11) is 0. The van der Waals surface area contributed by atoms with Crippen molar-refractivity contribution in [3.8, 4) is 0 Å². The summed E-state index contributed by atoms with van der Waals surface area (Å²) in [6.07, 6.45) is 1.24. The van der Waals surface area contributed by atoms with Crippen molar-refractivity contribution in [1.29, 1.82) is 0 Å². The van der Waals surface area contributed by atoms with Gasteiger partial charge in [-0.05, 0) is 17.8 Å². The monoisotopic (exact) mass is 258 g/mol. The number of carbonyl (C=O) groups is 1. The Balaban J connectivity index is 3.54. The zero-order chi connectivity index (χ0) is 14.2. The second-order valence-corrected chi connectivity index (χ2v) is 6.35. The van der Waals surface area contributed by atoms with Gasteiger partial charge in [0.05, 0.1) is 0 Å². The molecule has 0 radical (unpaired) electrons.